The molecular formula is C16H9F3N4O. The first-order chi connectivity index (χ1) is 11.4. The van der Waals surface area contributed by atoms with Gasteiger partial charge in [-0.2, -0.15) is 28.8 Å². The molecule has 0 saturated carbocycles. The zero-order chi connectivity index (χ0) is 17.6. The lowest BCUT2D eigenvalue weighted by molar-refractivity contribution is -0.137. The van der Waals surface area contributed by atoms with Gasteiger partial charge in [0.1, 0.15) is 23.6 Å². The summed E-state index contributed by atoms with van der Waals surface area (Å²) in [6.45, 7) is 0. The third kappa shape index (κ3) is 4.49. The Kier molecular flexibility index (Phi) is 5.03. The Balaban J connectivity index is 2.03. The minimum Gasteiger partial charge on any atom is -0.457 e. The second kappa shape index (κ2) is 7.16. The van der Waals surface area contributed by atoms with E-state index in [9.17, 15) is 13.2 Å². The molecule has 0 aliphatic heterocycles. The zero-order valence-corrected chi connectivity index (χ0v) is 12.0. The van der Waals surface area contributed by atoms with E-state index in [1.54, 1.807) is 36.4 Å². The maximum absolute atomic E-state index is 12.5. The number of ether oxygens (including phenoxy) is 1. The van der Waals surface area contributed by atoms with Gasteiger partial charge in [0, 0.05) is 0 Å². The van der Waals surface area contributed by atoms with Crippen molar-refractivity contribution in [3.05, 3.63) is 54.1 Å². The van der Waals surface area contributed by atoms with Gasteiger partial charge in [-0.15, -0.1) is 0 Å². The van der Waals surface area contributed by atoms with Crippen LogP contribution in [0.25, 0.3) is 0 Å². The van der Waals surface area contributed by atoms with E-state index in [4.69, 9.17) is 15.3 Å². The number of nitriles is 2. The molecule has 0 heterocycles. The highest BCUT2D eigenvalue weighted by Crippen LogP contribution is 2.31. The molecule has 0 fully saturated rings. The number of nitrogens with one attached hydrogen (secondary N) is 1. The second-order valence-corrected chi connectivity index (χ2v) is 4.44. The fourth-order valence-corrected chi connectivity index (χ4v) is 1.64. The zero-order valence-electron chi connectivity index (χ0n) is 12.0. The van der Waals surface area contributed by atoms with Gasteiger partial charge in [0.25, 0.3) is 0 Å². The van der Waals surface area contributed by atoms with Crippen LogP contribution in [0.3, 0.4) is 0 Å². The van der Waals surface area contributed by atoms with Gasteiger partial charge >= 0.3 is 6.18 Å². The summed E-state index contributed by atoms with van der Waals surface area (Å²) in [5.41, 5.74) is 1.96. The number of hydrogen-bond acceptors (Lipinski definition) is 5. The molecule has 0 unspecified atom stereocenters. The summed E-state index contributed by atoms with van der Waals surface area (Å²) in [5, 5.41) is 20.7. The molecule has 0 aliphatic carbocycles. The summed E-state index contributed by atoms with van der Waals surface area (Å²) in [5.74, 6) is 0.669. The van der Waals surface area contributed by atoms with Gasteiger partial charge in [0.15, 0.2) is 0 Å². The van der Waals surface area contributed by atoms with Crippen molar-refractivity contribution in [2.75, 3.05) is 5.43 Å². The first kappa shape index (κ1) is 16.8. The number of alkyl halides is 3. The predicted molar refractivity (Wildman–Crippen MR) is 80.2 cm³/mol. The molecule has 0 aromatic heterocycles. The summed E-state index contributed by atoms with van der Waals surface area (Å²) in [4.78, 5) is 0. The van der Waals surface area contributed by atoms with Gasteiger partial charge in [-0.1, -0.05) is 0 Å². The van der Waals surface area contributed by atoms with Crippen molar-refractivity contribution in [3.63, 3.8) is 0 Å². The van der Waals surface area contributed by atoms with Crippen LogP contribution in [0.5, 0.6) is 11.5 Å². The van der Waals surface area contributed by atoms with Crippen molar-refractivity contribution < 1.29 is 17.9 Å². The normalized spacial score (nSPS) is 10.2. The number of hydrogen-bond donors (Lipinski definition) is 1. The monoisotopic (exact) mass is 330 g/mol. The topological polar surface area (TPSA) is 81.2 Å². The predicted octanol–water partition coefficient (Wildman–Crippen LogP) is 4.31. The Hall–Kier alpha value is -3.52. The van der Waals surface area contributed by atoms with Crippen LogP contribution in [0.2, 0.25) is 0 Å². The second-order valence-electron chi connectivity index (χ2n) is 4.44. The van der Waals surface area contributed by atoms with Gasteiger partial charge in [-0.3, -0.25) is 5.43 Å². The molecule has 2 aromatic rings. The quantitative estimate of drug-likeness (QED) is 0.669. The summed E-state index contributed by atoms with van der Waals surface area (Å²) < 4.78 is 42.9. The van der Waals surface area contributed by atoms with E-state index in [2.05, 4.69) is 10.5 Å². The maximum Gasteiger partial charge on any atom is 0.416 e. The van der Waals surface area contributed by atoms with Gasteiger partial charge in [-0.25, -0.2) is 0 Å². The van der Waals surface area contributed by atoms with Crippen LogP contribution >= 0.6 is 0 Å². The molecule has 2 aromatic carbocycles. The highest BCUT2D eigenvalue weighted by Gasteiger charge is 2.30. The van der Waals surface area contributed by atoms with Crippen molar-refractivity contribution in [3.8, 4) is 23.6 Å². The van der Waals surface area contributed by atoms with E-state index in [0.717, 1.165) is 12.1 Å². The van der Waals surface area contributed by atoms with E-state index in [0.29, 0.717) is 11.4 Å². The van der Waals surface area contributed by atoms with Crippen molar-refractivity contribution in [1.82, 2.24) is 0 Å². The molecule has 0 saturated heterocycles. The first-order valence-corrected chi connectivity index (χ1v) is 6.51. The van der Waals surface area contributed by atoms with Gasteiger partial charge in [0.05, 0.1) is 11.3 Å². The summed E-state index contributed by atoms with van der Waals surface area (Å²) in [6.07, 6.45) is -4.39. The molecule has 0 spiro atoms. The minimum atomic E-state index is -4.39. The first-order valence-electron chi connectivity index (χ1n) is 6.51. The third-order valence-corrected chi connectivity index (χ3v) is 2.78. The minimum absolute atomic E-state index is 0.262. The molecule has 0 amide bonds. The number of rotatable bonds is 4. The Morgan fingerprint density at radius 1 is 0.917 bits per heavy atom. The lowest BCUT2D eigenvalue weighted by Crippen LogP contribution is -2.03. The van der Waals surface area contributed by atoms with Gasteiger partial charge < -0.3 is 4.74 Å². The third-order valence-electron chi connectivity index (χ3n) is 2.78. The van der Waals surface area contributed by atoms with Crippen molar-refractivity contribution in [2.45, 2.75) is 6.18 Å². The number of halogens is 3. The Labute approximate surface area is 135 Å². The van der Waals surface area contributed by atoms with Gasteiger partial charge in [0.2, 0.25) is 5.71 Å². The average molecular weight is 330 g/mol. The maximum atomic E-state index is 12.5. The standard InChI is InChI=1S/C16H9F3N4O/c17-16(18,19)11-1-5-14(6-2-11)24-15-7-3-12(4-8-15)22-23-13(9-20)10-21/h1-8,22H. The number of hydrazone groups is 1. The van der Waals surface area contributed by atoms with Crippen LogP contribution in [0.15, 0.2) is 53.6 Å². The molecule has 0 aliphatic rings. The summed E-state index contributed by atoms with van der Waals surface area (Å²) in [6, 6.07) is 13.8. The van der Waals surface area contributed by atoms with E-state index in [1.165, 1.54) is 12.1 Å². The van der Waals surface area contributed by atoms with Crippen molar-refractivity contribution in [1.29, 1.82) is 10.5 Å². The molecule has 8 heteroatoms. The molecule has 0 atom stereocenters. The fraction of sp³-hybridized carbons (Fsp3) is 0.0625. The summed E-state index contributed by atoms with van der Waals surface area (Å²) >= 11 is 0. The number of benzene rings is 2. The molecule has 5 nitrogen and oxygen atoms in total. The fourth-order valence-electron chi connectivity index (χ4n) is 1.64. The van der Waals surface area contributed by atoms with Crippen LogP contribution < -0.4 is 10.2 Å². The van der Waals surface area contributed by atoms with E-state index >= 15 is 0 Å². The highest BCUT2D eigenvalue weighted by molar-refractivity contribution is 6.10. The van der Waals surface area contributed by atoms with E-state index in [-0.39, 0.29) is 11.5 Å². The SMILES string of the molecule is N#CC(C#N)=NNc1ccc(Oc2ccc(C(F)(F)F)cc2)cc1. The Bertz CT molecular complexity index is 797. The smallest absolute Gasteiger partial charge is 0.416 e. The van der Waals surface area contributed by atoms with Crippen LogP contribution in [0.1, 0.15) is 5.56 Å². The van der Waals surface area contributed by atoms with E-state index < -0.39 is 11.7 Å². The van der Waals surface area contributed by atoms with Crippen molar-refractivity contribution in [2.24, 2.45) is 5.10 Å². The molecule has 2 rings (SSSR count). The molecule has 0 radical (unpaired) electrons. The largest absolute Gasteiger partial charge is 0.457 e. The van der Waals surface area contributed by atoms with Crippen LogP contribution in [0.4, 0.5) is 18.9 Å². The van der Waals surface area contributed by atoms with Crippen LogP contribution in [-0.4, -0.2) is 5.71 Å². The van der Waals surface area contributed by atoms with Crippen LogP contribution in [0, 0.1) is 22.7 Å². The molecule has 120 valence electrons. The summed E-state index contributed by atoms with van der Waals surface area (Å²) in [7, 11) is 0. The lowest BCUT2D eigenvalue weighted by atomic mass is 10.2. The molecular weight excluding hydrogens is 321 g/mol. The molecule has 1 N–H and O–H groups in total. The van der Waals surface area contributed by atoms with Crippen molar-refractivity contribution >= 4 is 11.4 Å². The van der Waals surface area contributed by atoms with Crippen LogP contribution in [-0.2, 0) is 6.18 Å². The lowest BCUT2D eigenvalue weighted by Gasteiger charge is -2.09. The highest BCUT2D eigenvalue weighted by atomic mass is 19.4. The Morgan fingerprint density at radius 2 is 1.42 bits per heavy atom. The average Bonchev–Trinajstić information content (AvgIpc) is 2.57. The van der Waals surface area contributed by atoms with Gasteiger partial charge in [-0.05, 0) is 48.5 Å². The Morgan fingerprint density at radius 3 is 1.88 bits per heavy atom. The molecule has 0 bridgehead atoms. The van der Waals surface area contributed by atoms with E-state index in [1.807, 2.05) is 0 Å². The number of nitrogens with zero attached hydrogens (tertiary/aromatic N) is 3. The molecule has 24 heavy (non-hydrogen) atoms. The number of anilines is 1.